The molecule has 206 valence electrons. The summed E-state index contributed by atoms with van der Waals surface area (Å²) in [4.78, 5) is 30.6. The van der Waals surface area contributed by atoms with Crippen molar-refractivity contribution in [2.45, 2.75) is 20.0 Å². The van der Waals surface area contributed by atoms with Crippen LogP contribution in [-0.2, 0) is 4.79 Å². The number of nitrogens with zero attached hydrogens (tertiary/aromatic N) is 1. The van der Waals surface area contributed by atoms with Gasteiger partial charge in [-0.05, 0) is 49.7 Å². The Hall–Kier alpha value is -4.70. The van der Waals surface area contributed by atoms with Crippen molar-refractivity contribution in [1.29, 1.82) is 0 Å². The lowest BCUT2D eigenvalue weighted by molar-refractivity contribution is -0.220. The van der Waals surface area contributed by atoms with Crippen molar-refractivity contribution >= 4 is 28.9 Å². The molecule has 4 rings (SSSR count). The highest BCUT2D eigenvalue weighted by atomic mass is 16.9. The van der Waals surface area contributed by atoms with Crippen molar-refractivity contribution < 1.29 is 29.5 Å². The predicted molar refractivity (Wildman–Crippen MR) is 152 cm³/mol. The van der Waals surface area contributed by atoms with Crippen LogP contribution in [0.3, 0.4) is 0 Å². The highest BCUT2D eigenvalue weighted by molar-refractivity contribution is 5.98. The van der Waals surface area contributed by atoms with Gasteiger partial charge in [-0.3, -0.25) is 14.4 Å². The van der Waals surface area contributed by atoms with Crippen molar-refractivity contribution in [3.63, 3.8) is 0 Å². The molecule has 0 aliphatic heterocycles. The third-order valence-corrected chi connectivity index (χ3v) is 6.03. The quantitative estimate of drug-likeness (QED) is 0.146. The fourth-order valence-electron chi connectivity index (χ4n) is 3.95. The number of carbonyl (C=O) groups excluding carboxylic acids is 2. The van der Waals surface area contributed by atoms with Crippen LogP contribution in [0, 0.1) is 0 Å². The van der Waals surface area contributed by atoms with E-state index in [9.17, 15) is 19.9 Å². The Morgan fingerprint density at radius 2 is 1.48 bits per heavy atom. The van der Waals surface area contributed by atoms with Gasteiger partial charge in [0.25, 0.3) is 11.8 Å². The second-order valence-electron chi connectivity index (χ2n) is 8.99. The van der Waals surface area contributed by atoms with Crippen LogP contribution < -0.4 is 25.0 Å². The molecule has 0 radical (unpaired) electrons. The topological polar surface area (TPSA) is 117 Å². The Bertz CT molecular complexity index is 1390. The monoisotopic (exact) mass is 542 g/mol. The molecule has 9 heteroatoms. The lowest BCUT2D eigenvalue weighted by atomic mass is 10.1. The summed E-state index contributed by atoms with van der Waals surface area (Å²) in [6, 6.07) is 28.9. The maximum atomic E-state index is 12.9. The molecule has 4 N–H and O–H groups in total. The minimum Gasteiger partial charge on any atom is -0.484 e. The average molecular weight is 543 g/mol. The van der Waals surface area contributed by atoms with Crippen LogP contribution >= 0.6 is 0 Å². The Morgan fingerprint density at radius 1 is 0.875 bits per heavy atom. The minimum absolute atomic E-state index is 0.123. The highest BCUT2D eigenvalue weighted by Gasteiger charge is 2.37. The summed E-state index contributed by atoms with van der Waals surface area (Å²) in [6.45, 7) is 3.57. The van der Waals surface area contributed by atoms with E-state index in [0.717, 1.165) is 5.56 Å². The molecular formula is C31H32N3O6+. The highest BCUT2D eigenvalue weighted by Crippen LogP contribution is 2.37. The first kappa shape index (κ1) is 28.3. The van der Waals surface area contributed by atoms with Gasteiger partial charge in [0.05, 0.1) is 16.6 Å². The normalized spacial score (nSPS) is 11.8. The number of ether oxygens (including phenoxy) is 1. The van der Waals surface area contributed by atoms with Crippen LogP contribution in [0.2, 0.25) is 0 Å². The van der Waals surface area contributed by atoms with E-state index in [1.54, 1.807) is 92.7 Å². The zero-order valence-corrected chi connectivity index (χ0v) is 22.3. The van der Waals surface area contributed by atoms with E-state index in [2.05, 4.69) is 10.6 Å². The van der Waals surface area contributed by atoms with Crippen molar-refractivity contribution in [2.24, 2.45) is 0 Å². The van der Waals surface area contributed by atoms with Crippen LogP contribution in [0.15, 0.2) is 103 Å². The number of para-hydroxylation sites is 2. The summed E-state index contributed by atoms with van der Waals surface area (Å²) in [5.41, 5.74) is 2.04. The fourth-order valence-corrected chi connectivity index (χ4v) is 3.95. The van der Waals surface area contributed by atoms with Gasteiger partial charge in [0, 0.05) is 36.4 Å². The van der Waals surface area contributed by atoms with Gasteiger partial charge in [0.15, 0.2) is 6.61 Å². The van der Waals surface area contributed by atoms with Crippen LogP contribution in [-0.4, -0.2) is 35.3 Å². The first-order valence-electron chi connectivity index (χ1n) is 12.9. The summed E-state index contributed by atoms with van der Waals surface area (Å²) < 4.78 is 5.60. The summed E-state index contributed by atoms with van der Waals surface area (Å²) >= 11 is 0. The van der Waals surface area contributed by atoms with E-state index in [-0.39, 0.29) is 24.0 Å². The smallest absolute Gasteiger partial charge is 0.262 e. The number of rotatable bonds is 11. The van der Waals surface area contributed by atoms with Crippen molar-refractivity contribution in [3.8, 4) is 11.5 Å². The van der Waals surface area contributed by atoms with Crippen LogP contribution in [0.4, 0.5) is 17.1 Å². The van der Waals surface area contributed by atoms with Crippen LogP contribution in [0.1, 0.15) is 35.9 Å². The second kappa shape index (κ2) is 12.9. The van der Waals surface area contributed by atoms with E-state index < -0.39 is 16.8 Å². The first-order valence-corrected chi connectivity index (χ1v) is 12.9. The number of hydrogen-bond acceptors (Lipinski definition) is 6. The number of quaternary nitrogens is 1. The molecule has 0 bridgehead atoms. The summed E-state index contributed by atoms with van der Waals surface area (Å²) in [5, 5.41) is 27.0. The summed E-state index contributed by atoms with van der Waals surface area (Å²) in [7, 11) is 0. The number of nitrogens with one attached hydrogen (secondary N) is 2. The average Bonchev–Trinajstić information content (AvgIpc) is 2.98. The summed E-state index contributed by atoms with van der Waals surface area (Å²) in [6.07, 6.45) is -0.614. The zero-order chi connectivity index (χ0) is 28.5. The molecule has 0 fully saturated rings. The van der Waals surface area contributed by atoms with Gasteiger partial charge in [0.2, 0.25) is 17.1 Å². The summed E-state index contributed by atoms with van der Waals surface area (Å²) in [5.74, 6) is -0.257. The van der Waals surface area contributed by atoms with Gasteiger partial charge >= 0.3 is 0 Å². The minimum atomic E-state index is -1.04. The van der Waals surface area contributed by atoms with Crippen molar-refractivity contribution in [1.82, 2.24) is 10.1 Å². The largest absolute Gasteiger partial charge is 0.484 e. The number of amides is 2. The molecule has 0 spiro atoms. The molecule has 4 aromatic rings. The third-order valence-electron chi connectivity index (χ3n) is 6.03. The number of aliphatic hydroxyl groups is 1. The maximum absolute atomic E-state index is 12.9. The molecule has 9 nitrogen and oxygen atoms in total. The van der Waals surface area contributed by atoms with Crippen LogP contribution in [0.25, 0.3) is 0 Å². The van der Waals surface area contributed by atoms with Crippen molar-refractivity contribution in [2.75, 3.05) is 18.5 Å². The van der Waals surface area contributed by atoms with Gasteiger partial charge in [-0.25, -0.2) is 0 Å². The van der Waals surface area contributed by atoms with E-state index in [0.29, 0.717) is 29.2 Å². The molecule has 0 saturated carbocycles. The SMILES string of the molecule is CCNC(=O)c1ccc(O[N+](O)(c2ccccc2)c2ccccc2)c(NC(=O)COc2ccc(C(C)O)cc2)c1. The van der Waals surface area contributed by atoms with E-state index in [4.69, 9.17) is 9.57 Å². The molecule has 0 aliphatic carbocycles. The number of aliphatic hydroxyl groups excluding tert-OH is 1. The molecule has 0 aliphatic rings. The maximum Gasteiger partial charge on any atom is 0.262 e. The zero-order valence-electron chi connectivity index (χ0n) is 22.3. The molecule has 40 heavy (non-hydrogen) atoms. The van der Waals surface area contributed by atoms with Gasteiger partial charge in [-0.15, -0.1) is 0 Å². The standard InChI is InChI=1S/C31H31N3O6/c1-3-32-31(37)24-16-19-29(40-34(38,25-10-6-4-7-11-25)26-12-8-5-9-13-26)28(20-24)33-30(36)21-39-27-17-14-23(15-18-27)22(2)35/h4-20,22,35,38H,3,21H2,1-2H3,(H-,32,33,36,37)/p+1. The molecule has 2 amide bonds. The number of carbonyl (C=O) groups is 2. The van der Waals surface area contributed by atoms with Crippen LogP contribution in [0.5, 0.6) is 11.5 Å². The molecule has 0 saturated heterocycles. The van der Waals surface area contributed by atoms with E-state index in [1.807, 2.05) is 12.1 Å². The lowest BCUT2D eigenvalue weighted by Gasteiger charge is -2.27. The third kappa shape index (κ3) is 6.83. The van der Waals surface area contributed by atoms with Gasteiger partial charge < -0.3 is 20.5 Å². The predicted octanol–water partition coefficient (Wildman–Crippen LogP) is 5.53. The van der Waals surface area contributed by atoms with E-state index >= 15 is 0 Å². The number of benzene rings is 4. The molecule has 0 heterocycles. The van der Waals surface area contributed by atoms with Gasteiger partial charge in [-0.2, -0.15) is 5.21 Å². The van der Waals surface area contributed by atoms with Gasteiger partial charge in [0.1, 0.15) is 5.75 Å². The Kier molecular flexibility index (Phi) is 9.13. The lowest BCUT2D eigenvalue weighted by Crippen LogP contribution is -2.44. The Morgan fingerprint density at radius 3 is 2.02 bits per heavy atom. The second-order valence-corrected chi connectivity index (χ2v) is 8.99. The molecule has 1 unspecified atom stereocenters. The fraction of sp³-hybridized carbons (Fsp3) is 0.161. The molecular weight excluding hydrogens is 510 g/mol. The Labute approximate surface area is 232 Å². The van der Waals surface area contributed by atoms with Gasteiger partial charge in [-0.1, -0.05) is 48.5 Å². The molecule has 1 atom stereocenters. The molecule has 0 aromatic heterocycles. The number of anilines is 1. The number of hydrogen-bond donors (Lipinski definition) is 4. The Balaban J connectivity index is 1.63. The first-order chi connectivity index (χ1) is 19.3. The van der Waals surface area contributed by atoms with Crippen molar-refractivity contribution in [3.05, 3.63) is 114 Å². The molecule has 4 aromatic carbocycles. The van der Waals surface area contributed by atoms with E-state index in [1.165, 1.54) is 12.1 Å².